The van der Waals surface area contributed by atoms with Crippen molar-refractivity contribution in [1.82, 2.24) is 0 Å². The van der Waals surface area contributed by atoms with Crippen LogP contribution in [0.15, 0.2) is 18.2 Å². The van der Waals surface area contributed by atoms with Crippen molar-refractivity contribution in [3.63, 3.8) is 0 Å². The van der Waals surface area contributed by atoms with Crippen LogP contribution in [0.4, 0.5) is 5.69 Å². The fraction of sp³-hybridized carbons (Fsp3) is 0.500. The van der Waals surface area contributed by atoms with Gasteiger partial charge in [0.05, 0.1) is 25.5 Å². The minimum absolute atomic E-state index is 0.151. The molecule has 1 aliphatic heterocycles. The van der Waals surface area contributed by atoms with Crippen molar-refractivity contribution in [2.24, 2.45) is 0 Å². The monoisotopic (exact) mass is 223 g/mol. The maximum absolute atomic E-state index is 5.78. The smallest absolute Gasteiger partial charge is 0.145 e. The third-order valence-corrected chi connectivity index (χ3v) is 2.48. The number of anilines is 1. The molecule has 0 aliphatic carbocycles. The van der Waals surface area contributed by atoms with Crippen LogP contribution < -0.4 is 15.2 Å². The van der Waals surface area contributed by atoms with Crippen LogP contribution in [0.1, 0.15) is 13.3 Å². The summed E-state index contributed by atoms with van der Waals surface area (Å²) in [7, 11) is 0. The van der Waals surface area contributed by atoms with Gasteiger partial charge in [-0.1, -0.05) is 0 Å². The summed E-state index contributed by atoms with van der Waals surface area (Å²) in [6, 6.07) is 5.49. The highest BCUT2D eigenvalue weighted by Gasteiger charge is 2.17. The van der Waals surface area contributed by atoms with Crippen molar-refractivity contribution in [2.45, 2.75) is 19.4 Å². The van der Waals surface area contributed by atoms with Gasteiger partial charge < -0.3 is 19.9 Å². The van der Waals surface area contributed by atoms with Gasteiger partial charge in [-0.15, -0.1) is 0 Å². The molecule has 1 fully saturated rings. The molecule has 2 rings (SSSR count). The van der Waals surface area contributed by atoms with Gasteiger partial charge in [0.15, 0.2) is 0 Å². The molecule has 1 aliphatic rings. The van der Waals surface area contributed by atoms with Gasteiger partial charge in [0.25, 0.3) is 0 Å². The number of nitrogens with two attached hydrogens (primary N) is 1. The summed E-state index contributed by atoms with van der Waals surface area (Å²) >= 11 is 0. The Morgan fingerprint density at radius 3 is 3.06 bits per heavy atom. The molecule has 1 aromatic carbocycles. The number of benzene rings is 1. The zero-order valence-electron chi connectivity index (χ0n) is 9.44. The third kappa shape index (κ3) is 2.58. The van der Waals surface area contributed by atoms with Crippen molar-refractivity contribution in [3.05, 3.63) is 18.2 Å². The average molecular weight is 223 g/mol. The van der Waals surface area contributed by atoms with E-state index in [-0.39, 0.29) is 6.10 Å². The largest absolute Gasteiger partial charge is 0.492 e. The molecule has 2 N–H and O–H groups in total. The Morgan fingerprint density at radius 2 is 2.38 bits per heavy atom. The van der Waals surface area contributed by atoms with E-state index in [9.17, 15) is 0 Å². The highest BCUT2D eigenvalue weighted by atomic mass is 16.5. The maximum Gasteiger partial charge on any atom is 0.145 e. The Morgan fingerprint density at radius 1 is 1.50 bits per heavy atom. The minimum atomic E-state index is 0.151. The molecule has 88 valence electrons. The quantitative estimate of drug-likeness (QED) is 0.791. The van der Waals surface area contributed by atoms with Crippen molar-refractivity contribution < 1.29 is 14.2 Å². The molecule has 1 unspecified atom stereocenters. The first-order valence-electron chi connectivity index (χ1n) is 5.56. The molecule has 0 saturated carbocycles. The van der Waals surface area contributed by atoms with Crippen LogP contribution in [-0.4, -0.2) is 25.9 Å². The van der Waals surface area contributed by atoms with Crippen LogP contribution in [0, 0.1) is 0 Å². The van der Waals surface area contributed by atoms with Crippen LogP contribution in [0.3, 0.4) is 0 Å². The number of nitrogen functional groups attached to an aromatic ring is 1. The number of ether oxygens (including phenoxy) is 3. The predicted molar refractivity (Wildman–Crippen MR) is 61.9 cm³/mol. The van der Waals surface area contributed by atoms with E-state index >= 15 is 0 Å². The first-order valence-corrected chi connectivity index (χ1v) is 5.56. The summed E-state index contributed by atoms with van der Waals surface area (Å²) in [5.41, 5.74) is 6.41. The van der Waals surface area contributed by atoms with Crippen LogP contribution in [0.2, 0.25) is 0 Å². The summed E-state index contributed by atoms with van der Waals surface area (Å²) in [5, 5.41) is 0. The SMILES string of the molecule is CCOc1cc(OC2CCOC2)ccc1N. The Kier molecular flexibility index (Phi) is 3.51. The van der Waals surface area contributed by atoms with E-state index in [4.69, 9.17) is 19.9 Å². The van der Waals surface area contributed by atoms with Crippen LogP contribution in [0.25, 0.3) is 0 Å². The second kappa shape index (κ2) is 5.07. The van der Waals surface area contributed by atoms with Gasteiger partial charge >= 0.3 is 0 Å². The minimum Gasteiger partial charge on any atom is -0.492 e. The molecule has 0 radical (unpaired) electrons. The van der Waals surface area contributed by atoms with Gasteiger partial charge in [0.2, 0.25) is 0 Å². The van der Waals surface area contributed by atoms with E-state index in [2.05, 4.69) is 0 Å². The summed E-state index contributed by atoms with van der Waals surface area (Å²) in [5.74, 6) is 1.46. The lowest BCUT2D eigenvalue weighted by Crippen LogP contribution is -2.15. The molecular weight excluding hydrogens is 206 g/mol. The van der Waals surface area contributed by atoms with Gasteiger partial charge in [0.1, 0.15) is 17.6 Å². The topological polar surface area (TPSA) is 53.7 Å². The van der Waals surface area contributed by atoms with Gasteiger partial charge in [-0.05, 0) is 19.1 Å². The first kappa shape index (κ1) is 11.1. The van der Waals surface area contributed by atoms with Crippen LogP contribution in [0.5, 0.6) is 11.5 Å². The highest BCUT2D eigenvalue weighted by Crippen LogP contribution is 2.28. The van der Waals surface area contributed by atoms with Crippen LogP contribution in [-0.2, 0) is 4.74 Å². The van der Waals surface area contributed by atoms with Crippen molar-refractivity contribution in [3.8, 4) is 11.5 Å². The second-order valence-corrected chi connectivity index (χ2v) is 3.74. The number of rotatable bonds is 4. The first-order chi connectivity index (χ1) is 7.79. The van der Waals surface area contributed by atoms with E-state index < -0.39 is 0 Å². The molecule has 4 heteroatoms. The van der Waals surface area contributed by atoms with Crippen molar-refractivity contribution >= 4 is 5.69 Å². The molecule has 0 amide bonds. The predicted octanol–water partition coefficient (Wildman–Crippen LogP) is 1.84. The zero-order chi connectivity index (χ0) is 11.4. The van der Waals surface area contributed by atoms with Crippen molar-refractivity contribution in [2.75, 3.05) is 25.6 Å². The summed E-state index contributed by atoms with van der Waals surface area (Å²) in [6.45, 7) is 3.96. The Hall–Kier alpha value is -1.42. The number of hydrogen-bond donors (Lipinski definition) is 1. The lowest BCUT2D eigenvalue weighted by Gasteiger charge is -2.14. The molecule has 0 aromatic heterocycles. The normalized spacial score (nSPS) is 19.7. The average Bonchev–Trinajstić information content (AvgIpc) is 2.76. The van der Waals surface area contributed by atoms with Gasteiger partial charge in [-0.2, -0.15) is 0 Å². The Balaban J connectivity index is 2.05. The molecule has 4 nitrogen and oxygen atoms in total. The van der Waals surface area contributed by atoms with E-state index in [0.29, 0.717) is 24.7 Å². The fourth-order valence-corrected chi connectivity index (χ4v) is 1.67. The molecule has 0 bridgehead atoms. The Labute approximate surface area is 95.3 Å². The molecule has 1 atom stereocenters. The van der Waals surface area contributed by atoms with E-state index in [1.54, 1.807) is 6.07 Å². The molecular formula is C12H17NO3. The maximum atomic E-state index is 5.78. The standard InChI is InChI=1S/C12H17NO3/c1-2-15-12-7-9(3-4-11(12)13)16-10-5-6-14-8-10/h3-4,7,10H,2,5-6,8,13H2,1H3. The lowest BCUT2D eigenvalue weighted by atomic mass is 10.2. The van der Waals surface area contributed by atoms with Crippen molar-refractivity contribution in [1.29, 1.82) is 0 Å². The van der Waals surface area contributed by atoms with Gasteiger partial charge in [-0.25, -0.2) is 0 Å². The fourth-order valence-electron chi connectivity index (χ4n) is 1.67. The Bertz CT molecular complexity index is 348. The van der Waals surface area contributed by atoms with E-state index in [1.165, 1.54) is 0 Å². The second-order valence-electron chi connectivity index (χ2n) is 3.74. The molecule has 1 heterocycles. The zero-order valence-corrected chi connectivity index (χ0v) is 9.44. The molecule has 1 aromatic rings. The van der Waals surface area contributed by atoms with E-state index in [1.807, 2.05) is 19.1 Å². The molecule has 0 spiro atoms. The number of hydrogen-bond acceptors (Lipinski definition) is 4. The third-order valence-electron chi connectivity index (χ3n) is 2.48. The van der Waals surface area contributed by atoms with Crippen LogP contribution >= 0.6 is 0 Å². The summed E-state index contributed by atoms with van der Waals surface area (Å²) < 4.78 is 16.4. The molecule has 1 saturated heterocycles. The summed E-state index contributed by atoms with van der Waals surface area (Å²) in [6.07, 6.45) is 1.09. The van der Waals surface area contributed by atoms with Gasteiger partial charge in [0, 0.05) is 12.5 Å². The highest BCUT2D eigenvalue weighted by molar-refractivity contribution is 5.55. The molecule has 16 heavy (non-hydrogen) atoms. The summed E-state index contributed by atoms with van der Waals surface area (Å²) in [4.78, 5) is 0. The lowest BCUT2D eigenvalue weighted by molar-refractivity contribution is 0.141. The van der Waals surface area contributed by atoms with Gasteiger partial charge in [-0.3, -0.25) is 0 Å². The van der Waals surface area contributed by atoms with E-state index in [0.717, 1.165) is 18.8 Å².